The zero-order valence-corrected chi connectivity index (χ0v) is 49.0. The number of fused-ring (bicyclic) bond motifs is 4. The van der Waals surface area contributed by atoms with E-state index in [-0.39, 0.29) is 57.3 Å². The molecule has 0 atom stereocenters. The molecule has 0 radical (unpaired) electrons. The molecular formula is C56H72Cl2Si2Zr2-2. The van der Waals surface area contributed by atoms with Crippen molar-refractivity contribution in [2.45, 2.75) is 131 Å². The van der Waals surface area contributed by atoms with Gasteiger partial charge in [0.25, 0.3) is 0 Å². The van der Waals surface area contributed by atoms with Gasteiger partial charge in [0.05, 0.1) is 0 Å². The van der Waals surface area contributed by atoms with Gasteiger partial charge in [-0.3, -0.25) is 0 Å². The van der Waals surface area contributed by atoms with E-state index >= 15 is 0 Å². The number of hydrogen-bond donors (Lipinski definition) is 0. The van der Waals surface area contributed by atoms with Crippen LogP contribution < -0.4 is 24.8 Å². The Morgan fingerprint density at radius 2 is 0.468 bits per heavy atom. The second kappa shape index (κ2) is 25.7. The number of rotatable bonds is 0. The fraction of sp³-hybridized carbons (Fsp3) is 0.357. The van der Waals surface area contributed by atoms with E-state index in [4.69, 9.17) is 0 Å². The summed E-state index contributed by atoms with van der Waals surface area (Å²) in [4.78, 5) is 0. The summed E-state index contributed by atoms with van der Waals surface area (Å²) in [6, 6.07) is 52.4. The third kappa shape index (κ3) is 19.7. The van der Waals surface area contributed by atoms with E-state index in [9.17, 15) is 0 Å². The molecule has 0 aliphatic rings. The van der Waals surface area contributed by atoms with Gasteiger partial charge in [-0.05, 0) is 21.7 Å². The molecule has 0 N–H and O–H groups in total. The summed E-state index contributed by atoms with van der Waals surface area (Å²) in [5, 5.41) is 10.8. The average molecular weight is 1050 g/mol. The Hall–Kier alpha value is -1.90. The van der Waals surface area contributed by atoms with E-state index in [2.05, 4.69) is 255 Å². The normalized spacial score (nSPS) is 11.2. The Bertz CT molecular complexity index is 2080. The van der Waals surface area contributed by atoms with Crippen molar-refractivity contribution in [1.29, 1.82) is 0 Å². The molecule has 0 bridgehead atoms. The number of benzene rings is 4. The van der Waals surface area contributed by atoms with E-state index < -0.39 is 0 Å². The van der Waals surface area contributed by atoms with E-state index in [0.717, 1.165) is 0 Å². The maximum Gasteiger partial charge on any atom is -1.00 e. The molecule has 0 saturated heterocycles. The molecular weight excluding hydrogens is 982 g/mol. The monoisotopic (exact) mass is 1050 g/mol. The van der Waals surface area contributed by atoms with Gasteiger partial charge < -0.3 is 24.8 Å². The first kappa shape index (κ1) is 58.1. The Morgan fingerprint density at radius 1 is 0.323 bits per heavy atom. The van der Waals surface area contributed by atoms with E-state index in [1.807, 2.05) is 0 Å². The summed E-state index contributed by atoms with van der Waals surface area (Å²) >= 11 is 3.48. The summed E-state index contributed by atoms with van der Waals surface area (Å²) in [6.07, 6.45) is 0. The van der Waals surface area contributed by atoms with Crippen LogP contribution in [0.1, 0.15) is 105 Å². The predicted molar refractivity (Wildman–Crippen MR) is 268 cm³/mol. The molecule has 0 unspecified atom stereocenters. The zero-order valence-electron chi connectivity index (χ0n) is 40.6. The minimum Gasteiger partial charge on any atom is -1.00 e. The van der Waals surface area contributed by atoms with Crippen LogP contribution in [0, 0.1) is 0 Å². The van der Waals surface area contributed by atoms with Crippen molar-refractivity contribution in [1.82, 2.24) is 0 Å². The molecule has 8 rings (SSSR count). The van der Waals surface area contributed by atoms with Crippen LogP contribution in [0.5, 0.6) is 0 Å². The molecule has 328 valence electrons. The molecule has 0 aliphatic heterocycles. The molecule has 0 nitrogen and oxygen atoms in total. The number of hydrogen-bond acceptors (Lipinski definition) is 0. The van der Waals surface area contributed by atoms with Crippen molar-refractivity contribution in [2.24, 2.45) is 0 Å². The van der Waals surface area contributed by atoms with Gasteiger partial charge in [-0.15, -0.1) is 162 Å². The van der Waals surface area contributed by atoms with Crippen molar-refractivity contribution >= 4 is 54.0 Å². The Kier molecular flexibility index (Phi) is 24.1. The molecule has 62 heavy (non-hydrogen) atoms. The minimum absolute atomic E-state index is 0. The molecule has 8 aromatic rings. The third-order valence-electron chi connectivity index (χ3n) is 9.94. The summed E-state index contributed by atoms with van der Waals surface area (Å²) in [5.74, 6) is 0. The van der Waals surface area contributed by atoms with Gasteiger partial charge in [-0.1, -0.05) is 107 Å². The maximum atomic E-state index is 2.31. The maximum absolute atomic E-state index is 2.31. The van der Waals surface area contributed by atoms with Crippen LogP contribution in [0.4, 0.5) is 0 Å². The molecule has 0 amide bonds. The van der Waals surface area contributed by atoms with E-state index in [1.165, 1.54) is 65.3 Å². The molecule has 0 aliphatic carbocycles. The van der Waals surface area contributed by atoms with Crippen molar-refractivity contribution < 1.29 is 71.5 Å². The number of halogens is 2. The van der Waals surface area contributed by atoms with Crippen molar-refractivity contribution in [2.75, 3.05) is 0 Å². The molecule has 8 aromatic carbocycles. The van der Waals surface area contributed by atoms with Crippen LogP contribution in [0.15, 0.2) is 146 Å². The van der Waals surface area contributed by atoms with E-state index in [1.54, 1.807) is 46.7 Å². The van der Waals surface area contributed by atoms with Crippen molar-refractivity contribution in [3.8, 4) is 0 Å². The van der Waals surface area contributed by atoms with Gasteiger partial charge >= 0.3 is 83.7 Å². The van der Waals surface area contributed by atoms with Crippen LogP contribution in [-0.4, -0.2) is 10.9 Å². The molecule has 0 aromatic heterocycles. The topological polar surface area (TPSA) is 0 Å². The largest absolute Gasteiger partial charge is 1.00 e. The van der Waals surface area contributed by atoms with Crippen LogP contribution in [0.25, 0.3) is 43.1 Å². The second-order valence-electron chi connectivity index (χ2n) is 20.5. The van der Waals surface area contributed by atoms with Gasteiger partial charge in [0, 0.05) is 0 Å². The first-order chi connectivity index (χ1) is 27.8. The molecule has 0 spiro atoms. The summed E-state index contributed by atoms with van der Waals surface area (Å²) < 4.78 is 0. The first-order valence-corrected chi connectivity index (χ1v) is 33.8. The third-order valence-corrected chi connectivity index (χ3v) is 9.94. The minimum atomic E-state index is 0. The van der Waals surface area contributed by atoms with Crippen LogP contribution >= 0.6 is 0 Å². The summed E-state index contributed by atoms with van der Waals surface area (Å²) in [6.45, 7) is 36.2. The molecule has 6 heteroatoms. The smallest absolute Gasteiger partial charge is 1.00 e. The zero-order chi connectivity index (χ0) is 45.1. The fourth-order valence-electron chi connectivity index (χ4n) is 6.33. The standard InChI is InChI=1S/4C13H15.2C2H6Si.2ClH.2Zr/c4*1-13(2,3)12-8-10-6-4-5-7-11(10)9-12;2*1-3-2;;;;/h4*4-9H,1-3H3;2*1-2H3;2*1H;;/q4*-1;;;;;2*+2/p-2. The van der Waals surface area contributed by atoms with E-state index in [0.29, 0.717) is 0 Å². The van der Waals surface area contributed by atoms with Crippen molar-refractivity contribution in [3.63, 3.8) is 0 Å². The van der Waals surface area contributed by atoms with Gasteiger partial charge in [0.15, 0.2) is 0 Å². The Balaban J connectivity index is 0.000000386. The van der Waals surface area contributed by atoms with Gasteiger partial charge in [-0.25, -0.2) is 0 Å². The fourth-order valence-corrected chi connectivity index (χ4v) is 6.33. The SMILES string of the molecule is CC(C)(C)c1cc2ccccc2[cH-]1.CC(C)(C)c1cc2ccccc2[cH-]1.CC(C)(C)c1cc2ccccc2[cH-]1.CC(C)(C)c1cc2ccccc2[cH-]1.C[Si](C)=[Zr+2].C[Si](C)=[Zr+2].[Cl-].[Cl-]. The second-order valence-corrected chi connectivity index (χ2v) is 39.2. The summed E-state index contributed by atoms with van der Waals surface area (Å²) in [7, 11) is 0. The van der Waals surface area contributed by atoms with Crippen molar-refractivity contribution in [3.05, 3.63) is 168 Å². The summed E-state index contributed by atoms with van der Waals surface area (Å²) in [5.41, 5.74) is 7.17. The first-order valence-electron chi connectivity index (χ1n) is 21.4. The predicted octanol–water partition coefficient (Wildman–Crippen LogP) is 11.0. The average Bonchev–Trinajstić information content (AvgIpc) is 3.95. The van der Waals surface area contributed by atoms with Gasteiger partial charge in [-0.2, -0.15) is 24.3 Å². The van der Waals surface area contributed by atoms with Crippen LogP contribution in [-0.2, 0) is 68.3 Å². The van der Waals surface area contributed by atoms with Crippen LogP contribution in [0.2, 0.25) is 26.2 Å². The van der Waals surface area contributed by atoms with Gasteiger partial charge in [0.1, 0.15) is 0 Å². The van der Waals surface area contributed by atoms with Crippen LogP contribution in [0.3, 0.4) is 0 Å². The Morgan fingerprint density at radius 3 is 0.597 bits per heavy atom. The quantitative estimate of drug-likeness (QED) is 0.105. The molecule has 0 heterocycles. The Labute approximate surface area is 420 Å². The molecule has 0 saturated carbocycles. The van der Waals surface area contributed by atoms with Gasteiger partial charge in [0.2, 0.25) is 0 Å². The molecule has 0 fully saturated rings.